The van der Waals surface area contributed by atoms with Crippen LogP contribution in [-0.4, -0.2) is 41.1 Å². The molecule has 3 rings (SSSR count). The number of benzene rings is 2. The second-order valence-corrected chi connectivity index (χ2v) is 6.89. The van der Waals surface area contributed by atoms with E-state index in [0.29, 0.717) is 16.9 Å². The summed E-state index contributed by atoms with van der Waals surface area (Å²) in [6.45, 7) is 1.41. The van der Waals surface area contributed by atoms with Crippen LogP contribution in [0.4, 0.5) is 4.79 Å². The normalized spacial score (nSPS) is 14.9. The van der Waals surface area contributed by atoms with Crippen LogP contribution >= 0.6 is 11.8 Å². The van der Waals surface area contributed by atoms with Crippen LogP contribution < -0.4 is 4.74 Å². The highest BCUT2D eigenvalue weighted by molar-refractivity contribution is 8.18. The zero-order chi connectivity index (χ0) is 20.8. The van der Waals surface area contributed by atoms with Crippen molar-refractivity contribution in [2.75, 3.05) is 13.2 Å². The molecule has 0 aromatic heterocycles. The zero-order valence-electron chi connectivity index (χ0n) is 15.5. The van der Waals surface area contributed by atoms with Crippen molar-refractivity contribution in [3.05, 3.63) is 70.6 Å². The van der Waals surface area contributed by atoms with Crippen LogP contribution in [0.5, 0.6) is 5.75 Å². The largest absolute Gasteiger partial charge is 0.465 e. The van der Waals surface area contributed by atoms with E-state index >= 15 is 0 Å². The molecule has 1 heterocycles. The van der Waals surface area contributed by atoms with Gasteiger partial charge in [0.05, 0.1) is 17.1 Å². The molecule has 1 aliphatic heterocycles. The number of amides is 2. The first kappa shape index (κ1) is 20.3. The maximum absolute atomic E-state index is 12.4. The van der Waals surface area contributed by atoms with Gasteiger partial charge in [-0.3, -0.25) is 19.3 Å². The number of nitrogens with zero attached hydrogens (tertiary/aromatic N) is 1. The van der Waals surface area contributed by atoms with Gasteiger partial charge < -0.3 is 9.47 Å². The van der Waals surface area contributed by atoms with Crippen LogP contribution in [0.25, 0.3) is 6.08 Å². The minimum Gasteiger partial charge on any atom is -0.465 e. The van der Waals surface area contributed by atoms with Crippen molar-refractivity contribution in [3.63, 3.8) is 0 Å². The Morgan fingerprint density at radius 1 is 1.03 bits per heavy atom. The van der Waals surface area contributed by atoms with Crippen molar-refractivity contribution in [1.29, 1.82) is 0 Å². The lowest BCUT2D eigenvalue weighted by Gasteiger charge is -2.10. The van der Waals surface area contributed by atoms with E-state index in [1.807, 2.05) is 0 Å². The van der Waals surface area contributed by atoms with Crippen LogP contribution in [0, 0.1) is 0 Å². The molecule has 29 heavy (non-hydrogen) atoms. The number of carbonyl (C=O) groups excluding carboxylic acids is 4. The predicted molar refractivity (Wildman–Crippen MR) is 107 cm³/mol. The Balaban J connectivity index is 1.66. The Bertz CT molecular complexity index is 968. The standard InChI is InChI=1S/C21H17NO6S/c1-2-27-18(23)13-22-19(24)17(29-21(22)26)12-14-8-10-16(11-9-14)28-20(25)15-6-4-3-5-7-15/h3-12H,2,13H2,1H3/b17-12-. The highest BCUT2D eigenvalue weighted by Gasteiger charge is 2.36. The molecule has 1 saturated heterocycles. The third-order valence-electron chi connectivity index (χ3n) is 3.86. The van der Waals surface area contributed by atoms with Gasteiger partial charge in [0.25, 0.3) is 11.1 Å². The predicted octanol–water partition coefficient (Wildman–Crippen LogP) is 3.51. The summed E-state index contributed by atoms with van der Waals surface area (Å²) in [5.74, 6) is -1.31. The first-order chi connectivity index (χ1) is 14.0. The molecule has 1 aliphatic rings. The topological polar surface area (TPSA) is 90.0 Å². The summed E-state index contributed by atoms with van der Waals surface area (Å²) < 4.78 is 10.1. The molecule has 0 saturated carbocycles. The van der Waals surface area contributed by atoms with Crippen LogP contribution in [0.1, 0.15) is 22.8 Å². The molecule has 0 atom stereocenters. The molecule has 7 nitrogen and oxygen atoms in total. The van der Waals surface area contributed by atoms with Crippen molar-refractivity contribution in [3.8, 4) is 5.75 Å². The number of carbonyl (C=O) groups is 4. The van der Waals surface area contributed by atoms with Crippen molar-refractivity contribution < 1.29 is 28.7 Å². The molecule has 0 spiro atoms. The van der Waals surface area contributed by atoms with Gasteiger partial charge in [-0.15, -0.1) is 0 Å². The molecule has 2 aromatic carbocycles. The summed E-state index contributed by atoms with van der Waals surface area (Å²) >= 11 is 0.754. The van der Waals surface area contributed by atoms with Gasteiger partial charge in [-0.05, 0) is 54.6 Å². The van der Waals surface area contributed by atoms with Crippen LogP contribution in [0.2, 0.25) is 0 Å². The van der Waals surface area contributed by atoms with Gasteiger partial charge in [-0.1, -0.05) is 30.3 Å². The molecule has 1 fully saturated rings. The van der Waals surface area contributed by atoms with Crippen LogP contribution in [-0.2, 0) is 14.3 Å². The Morgan fingerprint density at radius 2 is 1.72 bits per heavy atom. The molecule has 0 unspecified atom stereocenters. The molecule has 0 N–H and O–H groups in total. The van der Waals surface area contributed by atoms with Crippen molar-refractivity contribution in [2.45, 2.75) is 6.92 Å². The van der Waals surface area contributed by atoms with Gasteiger partial charge >= 0.3 is 11.9 Å². The summed E-state index contributed by atoms with van der Waals surface area (Å²) in [5, 5.41) is -0.525. The maximum Gasteiger partial charge on any atom is 0.343 e. The van der Waals surface area contributed by atoms with E-state index in [4.69, 9.17) is 9.47 Å². The average molecular weight is 411 g/mol. The molecule has 8 heteroatoms. The Kier molecular flexibility index (Phi) is 6.46. The number of esters is 2. The average Bonchev–Trinajstić information content (AvgIpc) is 2.97. The second kappa shape index (κ2) is 9.20. The molecular weight excluding hydrogens is 394 g/mol. The van der Waals surface area contributed by atoms with Crippen LogP contribution in [0.3, 0.4) is 0 Å². The monoisotopic (exact) mass is 411 g/mol. The highest BCUT2D eigenvalue weighted by atomic mass is 32.2. The van der Waals surface area contributed by atoms with E-state index in [2.05, 4.69) is 0 Å². The van der Waals surface area contributed by atoms with E-state index in [1.54, 1.807) is 67.6 Å². The molecule has 0 radical (unpaired) electrons. The maximum atomic E-state index is 12.4. The van der Waals surface area contributed by atoms with Gasteiger partial charge in [0.1, 0.15) is 12.3 Å². The number of imide groups is 1. The second-order valence-electron chi connectivity index (χ2n) is 5.90. The fourth-order valence-electron chi connectivity index (χ4n) is 2.50. The van der Waals surface area contributed by atoms with Gasteiger partial charge in [0.15, 0.2) is 0 Å². The van der Waals surface area contributed by atoms with E-state index in [9.17, 15) is 19.2 Å². The van der Waals surface area contributed by atoms with Crippen molar-refractivity contribution in [1.82, 2.24) is 4.90 Å². The first-order valence-electron chi connectivity index (χ1n) is 8.76. The van der Waals surface area contributed by atoms with Gasteiger partial charge in [0, 0.05) is 0 Å². The SMILES string of the molecule is CCOC(=O)CN1C(=O)S/C(=C\c2ccc(OC(=O)c3ccccc3)cc2)C1=O. The van der Waals surface area contributed by atoms with E-state index < -0.39 is 29.6 Å². The highest BCUT2D eigenvalue weighted by Crippen LogP contribution is 2.32. The Labute approximate surface area is 171 Å². The number of hydrogen-bond acceptors (Lipinski definition) is 7. The first-order valence-corrected chi connectivity index (χ1v) is 9.58. The summed E-state index contributed by atoms with van der Waals surface area (Å²) in [5.41, 5.74) is 1.08. The molecule has 0 aliphatic carbocycles. The molecular formula is C21H17NO6S. The number of ether oxygens (including phenoxy) is 2. The van der Waals surface area contributed by atoms with E-state index in [1.165, 1.54) is 0 Å². The Hall–Kier alpha value is -3.39. The van der Waals surface area contributed by atoms with Crippen molar-refractivity contribution >= 4 is 40.9 Å². The smallest absolute Gasteiger partial charge is 0.343 e. The number of hydrogen-bond donors (Lipinski definition) is 0. The number of rotatable bonds is 6. The fraction of sp³-hybridized carbons (Fsp3) is 0.143. The fourth-order valence-corrected chi connectivity index (χ4v) is 3.33. The molecule has 2 aromatic rings. The molecule has 2 amide bonds. The van der Waals surface area contributed by atoms with Gasteiger partial charge in [0.2, 0.25) is 0 Å². The lowest BCUT2D eigenvalue weighted by atomic mass is 10.2. The lowest BCUT2D eigenvalue weighted by Crippen LogP contribution is -2.34. The van der Waals surface area contributed by atoms with Gasteiger partial charge in [-0.2, -0.15) is 0 Å². The zero-order valence-corrected chi connectivity index (χ0v) is 16.3. The van der Waals surface area contributed by atoms with Crippen LogP contribution in [0.15, 0.2) is 59.5 Å². The summed E-state index contributed by atoms with van der Waals surface area (Å²) in [7, 11) is 0. The van der Waals surface area contributed by atoms with E-state index in [-0.39, 0.29) is 11.5 Å². The third kappa shape index (κ3) is 5.11. The third-order valence-corrected chi connectivity index (χ3v) is 4.77. The quantitative estimate of drug-likeness (QED) is 0.408. The molecule has 0 bridgehead atoms. The summed E-state index contributed by atoms with van der Waals surface area (Å²) in [4.78, 5) is 49.0. The Morgan fingerprint density at radius 3 is 2.38 bits per heavy atom. The minimum absolute atomic E-state index is 0.173. The van der Waals surface area contributed by atoms with E-state index in [0.717, 1.165) is 16.7 Å². The van der Waals surface area contributed by atoms with Crippen molar-refractivity contribution in [2.24, 2.45) is 0 Å². The van der Waals surface area contributed by atoms with Gasteiger partial charge in [-0.25, -0.2) is 4.79 Å². The lowest BCUT2D eigenvalue weighted by molar-refractivity contribution is -0.145. The minimum atomic E-state index is -0.638. The molecule has 148 valence electrons. The summed E-state index contributed by atoms with van der Waals surface area (Å²) in [6.07, 6.45) is 1.54. The summed E-state index contributed by atoms with van der Waals surface area (Å²) in [6, 6.07) is 15.1. The number of thioether (sulfide) groups is 1.